The molecule has 1 fully saturated rings. The predicted octanol–water partition coefficient (Wildman–Crippen LogP) is 3.49. The van der Waals surface area contributed by atoms with Gasteiger partial charge in [0.2, 0.25) is 0 Å². The van der Waals surface area contributed by atoms with Gasteiger partial charge in [-0.15, -0.1) is 0 Å². The number of carbonyl (C=O) groups excluding carboxylic acids is 2. The molecule has 0 unspecified atom stereocenters. The van der Waals surface area contributed by atoms with Gasteiger partial charge < -0.3 is 19.5 Å². The van der Waals surface area contributed by atoms with Crippen molar-refractivity contribution in [2.45, 2.75) is 51.0 Å². The highest BCUT2D eigenvalue weighted by molar-refractivity contribution is 5.89. The van der Waals surface area contributed by atoms with Crippen LogP contribution in [0.2, 0.25) is 0 Å². The third kappa shape index (κ3) is 7.33. The van der Waals surface area contributed by atoms with Crippen molar-refractivity contribution < 1.29 is 23.8 Å². The van der Waals surface area contributed by atoms with Gasteiger partial charge in [0.1, 0.15) is 11.5 Å². The molecule has 1 saturated carbocycles. The fourth-order valence-corrected chi connectivity index (χ4v) is 3.17. The molecule has 0 spiro atoms. The minimum absolute atomic E-state index is 0.190. The molecule has 1 amide bonds. The van der Waals surface area contributed by atoms with Crippen LogP contribution in [0.3, 0.4) is 0 Å². The summed E-state index contributed by atoms with van der Waals surface area (Å²) < 4.78 is 15.5. The first kappa shape index (κ1) is 20.8. The molecular weight excluding hydrogens is 346 g/mol. The highest BCUT2D eigenvalue weighted by Crippen LogP contribution is 2.25. The van der Waals surface area contributed by atoms with Crippen LogP contribution >= 0.6 is 0 Å². The van der Waals surface area contributed by atoms with E-state index in [-0.39, 0.29) is 18.6 Å². The summed E-state index contributed by atoms with van der Waals surface area (Å²) in [4.78, 5) is 23.9. The van der Waals surface area contributed by atoms with Crippen LogP contribution in [0.5, 0.6) is 11.5 Å². The molecule has 0 aliphatic heterocycles. The lowest BCUT2D eigenvalue weighted by Gasteiger charge is -2.20. The molecule has 6 heteroatoms. The van der Waals surface area contributed by atoms with Crippen molar-refractivity contribution in [3.8, 4) is 11.5 Å². The van der Waals surface area contributed by atoms with Crippen LogP contribution in [0.1, 0.15) is 50.5 Å². The molecule has 148 valence electrons. The Kier molecular flexibility index (Phi) is 8.68. The lowest BCUT2D eigenvalue weighted by atomic mass is 9.97. The first-order valence-corrected chi connectivity index (χ1v) is 9.48. The van der Waals surface area contributed by atoms with Crippen LogP contribution in [-0.2, 0) is 14.3 Å². The molecule has 1 aliphatic carbocycles. The number of benzene rings is 1. The van der Waals surface area contributed by atoms with E-state index in [4.69, 9.17) is 14.2 Å². The minimum Gasteiger partial charge on any atom is -0.497 e. The molecule has 2 rings (SSSR count). The number of carbonyl (C=O) groups is 2. The van der Waals surface area contributed by atoms with Crippen LogP contribution in [0.4, 0.5) is 0 Å². The summed E-state index contributed by atoms with van der Waals surface area (Å²) in [6.45, 7) is -0.264. The van der Waals surface area contributed by atoms with Crippen molar-refractivity contribution in [3.63, 3.8) is 0 Å². The van der Waals surface area contributed by atoms with Crippen LogP contribution in [0.25, 0.3) is 6.08 Å². The topological polar surface area (TPSA) is 73.9 Å². The van der Waals surface area contributed by atoms with Gasteiger partial charge in [-0.3, -0.25) is 4.79 Å². The molecular formula is C21H29NO5. The highest BCUT2D eigenvalue weighted by atomic mass is 16.5. The molecule has 27 heavy (non-hydrogen) atoms. The third-order valence-electron chi connectivity index (χ3n) is 4.66. The molecule has 0 heterocycles. The van der Waals surface area contributed by atoms with Crippen LogP contribution < -0.4 is 14.8 Å². The first-order chi connectivity index (χ1) is 13.1. The Bertz CT molecular complexity index is 648. The number of nitrogens with one attached hydrogen (secondary N) is 1. The second-order valence-electron chi connectivity index (χ2n) is 6.66. The zero-order valence-electron chi connectivity index (χ0n) is 16.2. The number of hydrogen-bond acceptors (Lipinski definition) is 5. The van der Waals surface area contributed by atoms with Gasteiger partial charge >= 0.3 is 5.97 Å². The Morgan fingerprint density at radius 2 is 1.78 bits per heavy atom. The molecule has 0 aromatic heterocycles. The lowest BCUT2D eigenvalue weighted by Crippen LogP contribution is -2.37. The standard InChI is InChI=1S/C21H29NO5/c1-25-18-12-10-16(19(14-18)26-2)11-13-21(24)27-15-20(23)22-17-8-6-4-3-5-7-9-17/h10-14,17H,3-9,15H2,1-2H3,(H,22,23)/b13-11+. The first-order valence-electron chi connectivity index (χ1n) is 9.48. The molecule has 1 aliphatic rings. The van der Waals surface area contributed by atoms with E-state index in [1.807, 2.05) is 0 Å². The van der Waals surface area contributed by atoms with E-state index < -0.39 is 5.97 Å². The SMILES string of the molecule is COc1ccc(/C=C/C(=O)OCC(=O)NC2CCCCCCC2)c(OC)c1. The van der Waals surface area contributed by atoms with Crippen LogP contribution in [0.15, 0.2) is 24.3 Å². The van der Waals surface area contributed by atoms with E-state index in [0.29, 0.717) is 17.1 Å². The zero-order valence-corrected chi connectivity index (χ0v) is 16.2. The number of amides is 1. The molecule has 1 aromatic carbocycles. The largest absolute Gasteiger partial charge is 0.497 e. The number of rotatable bonds is 7. The monoisotopic (exact) mass is 375 g/mol. The Morgan fingerprint density at radius 3 is 2.44 bits per heavy atom. The number of hydrogen-bond donors (Lipinski definition) is 1. The number of methoxy groups -OCH3 is 2. The van der Waals surface area contributed by atoms with Gasteiger partial charge in [-0.2, -0.15) is 0 Å². The zero-order chi connectivity index (χ0) is 19.5. The third-order valence-corrected chi connectivity index (χ3v) is 4.66. The highest BCUT2D eigenvalue weighted by Gasteiger charge is 2.14. The van der Waals surface area contributed by atoms with Crippen molar-refractivity contribution in [2.75, 3.05) is 20.8 Å². The maximum absolute atomic E-state index is 12.0. The fraction of sp³-hybridized carbons (Fsp3) is 0.524. The normalized spacial score (nSPS) is 15.6. The van der Waals surface area contributed by atoms with Gasteiger partial charge in [-0.1, -0.05) is 32.1 Å². The van der Waals surface area contributed by atoms with Gasteiger partial charge in [0.25, 0.3) is 5.91 Å². The van der Waals surface area contributed by atoms with Crippen LogP contribution in [-0.4, -0.2) is 38.7 Å². The summed E-state index contributed by atoms with van der Waals surface area (Å²) in [5, 5.41) is 2.97. The quantitative estimate of drug-likeness (QED) is 0.583. The number of ether oxygens (including phenoxy) is 3. The maximum atomic E-state index is 12.0. The van der Waals surface area contributed by atoms with Crippen molar-refractivity contribution in [1.82, 2.24) is 5.32 Å². The van der Waals surface area contributed by atoms with Crippen molar-refractivity contribution >= 4 is 18.0 Å². The lowest BCUT2D eigenvalue weighted by molar-refractivity contribution is -0.144. The van der Waals surface area contributed by atoms with E-state index in [9.17, 15) is 9.59 Å². The number of esters is 1. The minimum atomic E-state index is -0.569. The summed E-state index contributed by atoms with van der Waals surface area (Å²) >= 11 is 0. The van der Waals surface area contributed by atoms with Crippen molar-refractivity contribution in [2.24, 2.45) is 0 Å². The fourth-order valence-electron chi connectivity index (χ4n) is 3.17. The summed E-state index contributed by atoms with van der Waals surface area (Å²) in [5.74, 6) is 0.433. The average molecular weight is 375 g/mol. The Morgan fingerprint density at radius 1 is 1.07 bits per heavy atom. The van der Waals surface area contributed by atoms with E-state index in [0.717, 1.165) is 25.7 Å². The molecule has 1 N–H and O–H groups in total. The van der Waals surface area contributed by atoms with Gasteiger partial charge in [-0.25, -0.2) is 4.79 Å². The Labute approximate surface area is 160 Å². The Balaban J connectivity index is 1.79. The van der Waals surface area contributed by atoms with E-state index >= 15 is 0 Å². The van der Waals surface area contributed by atoms with Gasteiger partial charge in [0, 0.05) is 23.7 Å². The second kappa shape index (κ2) is 11.3. The predicted molar refractivity (Wildman–Crippen MR) is 104 cm³/mol. The van der Waals surface area contributed by atoms with Gasteiger partial charge in [-0.05, 0) is 31.1 Å². The molecule has 0 bridgehead atoms. The van der Waals surface area contributed by atoms with Gasteiger partial charge in [0.05, 0.1) is 14.2 Å². The maximum Gasteiger partial charge on any atom is 0.331 e. The molecule has 6 nitrogen and oxygen atoms in total. The summed E-state index contributed by atoms with van der Waals surface area (Å²) in [6, 6.07) is 5.47. The molecule has 0 radical (unpaired) electrons. The van der Waals surface area contributed by atoms with E-state index in [1.165, 1.54) is 25.3 Å². The van der Waals surface area contributed by atoms with Crippen LogP contribution in [0, 0.1) is 0 Å². The summed E-state index contributed by atoms with van der Waals surface area (Å²) in [6.07, 6.45) is 10.9. The van der Waals surface area contributed by atoms with E-state index in [2.05, 4.69) is 5.32 Å². The van der Waals surface area contributed by atoms with Gasteiger partial charge in [0.15, 0.2) is 6.61 Å². The average Bonchev–Trinajstić information content (AvgIpc) is 2.66. The van der Waals surface area contributed by atoms with E-state index in [1.54, 1.807) is 38.5 Å². The Hall–Kier alpha value is -2.50. The second-order valence-corrected chi connectivity index (χ2v) is 6.66. The summed E-state index contributed by atoms with van der Waals surface area (Å²) in [5.41, 5.74) is 0.717. The summed E-state index contributed by atoms with van der Waals surface area (Å²) in [7, 11) is 3.12. The van der Waals surface area contributed by atoms with Crippen molar-refractivity contribution in [3.05, 3.63) is 29.8 Å². The molecule has 0 atom stereocenters. The van der Waals surface area contributed by atoms with Crippen molar-refractivity contribution in [1.29, 1.82) is 0 Å². The molecule has 0 saturated heterocycles. The smallest absolute Gasteiger partial charge is 0.331 e. The molecule has 1 aromatic rings.